The summed E-state index contributed by atoms with van der Waals surface area (Å²) in [5, 5.41) is 13.6. The summed E-state index contributed by atoms with van der Waals surface area (Å²) in [6.45, 7) is 5.15. The highest BCUT2D eigenvalue weighted by molar-refractivity contribution is 5.81. The van der Waals surface area contributed by atoms with Crippen LogP contribution in [0.1, 0.15) is 26.3 Å². The first-order valence-electron chi connectivity index (χ1n) is 5.67. The van der Waals surface area contributed by atoms with E-state index in [2.05, 4.69) is 10.6 Å². The summed E-state index contributed by atoms with van der Waals surface area (Å²) in [4.78, 5) is 11.5. The third-order valence-corrected chi connectivity index (χ3v) is 2.11. The van der Waals surface area contributed by atoms with Crippen LogP contribution in [0, 0.1) is 23.0 Å². The van der Waals surface area contributed by atoms with Crippen LogP contribution in [0.25, 0.3) is 0 Å². The van der Waals surface area contributed by atoms with E-state index in [0.717, 1.165) is 12.1 Å². The van der Waals surface area contributed by atoms with Gasteiger partial charge in [-0.15, -0.1) is 0 Å². The maximum absolute atomic E-state index is 13.5. The molecule has 0 spiro atoms. The van der Waals surface area contributed by atoms with Crippen molar-refractivity contribution in [3.8, 4) is 6.07 Å². The normalized spacial score (nSPS) is 10.7. The molecule has 1 amide bonds. The van der Waals surface area contributed by atoms with Gasteiger partial charge in [0.05, 0.1) is 18.2 Å². The molecule has 0 bridgehead atoms. The number of hydrogen-bond acceptors (Lipinski definition) is 3. The number of nitrogens with zero attached hydrogens (tertiary/aromatic N) is 1. The molecule has 2 N–H and O–H groups in total. The van der Waals surface area contributed by atoms with E-state index >= 15 is 0 Å². The van der Waals surface area contributed by atoms with Crippen LogP contribution in [0.3, 0.4) is 0 Å². The number of rotatable bonds is 3. The lowest BCUT2D eigenvalue weighted by atomic mass is 10.1. The summed E-state index contributed by atoms with van der Waals surface area (Å²) in [6.07, 6.45) is 0. The molecule has 0 aliphatic heterocycles. The number of benzene rings is 1. The van der Waals surface area contributed by atoms with Crippen molar-refractivity contribution in [2.24, 2.45) is 0 Å². The molecule has 102 valence electrons. The van der Waals surface area contributed by atoms with Crippen molar-refractivity contribution in [1.29, 1.82) is 5.26 Å². The van der Waals surface area contributed by atoms with Gasteiger partial charge in [0.1, 0.15) is 5.69 Å². The van der Waals surface area contributed by atoms with Gasteiger partial charge in [0.2, 0.25) is 5.91 Å². The third-order valence-electron chi connectivity index (χ3n) is 2.11. The molecule has 0 saturated carbocycles. The Labute approximate surface area is 110 Å². The highest BCUT2D eigenvalue weighted by Gasteiger charge is 2.15. The zero-order valence-corrected chi connectivity index (χ0v) is 11.0. The minimum absolute atomic E-state index is 0.111. The lowest BCUT2D eigenvalue weighted by molar-refractivity contribution is -0.120. The minimum atomic E-state index is -0.903. The Morgan fingerprint density at radius 3 is 2.26 bits per heavy atom. The van der Waals surface area contributed by atoms with Crippen LogP contribution in [0.2, 0.25) is 0 Å². The number of amides is 1. The van der Waals surface area contributed by atoms with Crippen LogP contribution in [0.15, 0.2) is 12.1 Å². The van der Waals surface area contributed by atoms with Gasteiger partial charge in [-0.25, -0.2) is 8.78 Å². The predicted molar refractivity (Wildman–Crippen MR) is 67.5 cm³/mol. The van der Waals surface area contributed by atoms with Gasteiger partial charge in [-0.2, -0.15) is 5.26 Å². The average Bonchev–Trinajstić information content (AvgIpc) is 2.25. The highest BCUT2D eigenvalue weighted by atomic mass is 19.1. The van der Waals surface area contributed by atoms with Crippen molar-refractivity contribution in [2.75, 3.05) is 11.9 Å². The van der Waals surface area contributed by atoms with Crippen molar-refractivity contribution in [2.45, 2.75) is 26.3 Å². The second kappa shape index (κ2) is 5.65. The van der Waals surface area contributed by atoms with Gasteiger partial charge in [-0.1, -0.05) is 0 Å². The minimum Gasteiger partial charge on any atom is -0.371 e. The molecule has 0 aliphatic rings. The summed E-state index contributed by atoms with van der Waals surface area (Å²) in [5.41, 5.74) is -0.941. The highest BCUT2D eigenvalue weighted by Crippen LogP contribution is 2.20. The maximum Gasteiger partial charge on any atom is 0.239 e. The fourth-order valence-corrected chi connectivity index (χ4v) is 1.44. The number of hydrogen-bond donors (Lipinski definition) is 2. The van der Waals surface area contributed by atoms with Crippen LogP contribution in [-0.4, -0.2) is 18.0 Å². The molecule has 4 nitrogen and oxygen atoms in total. The van der Waals surface area contributed by atoms with Crippen molar-refractivity contribution < 1.29 is 13.6 Å². The largest absolute Gasteiger partial charge is 0.371 e. The van der Waals surface area contributed by atoms with Crippen molar-refractivity contribution in [3.63, 3.8) is 0 Å². The van der Waals surface area contributed by atoms with Gasteiger partial charge in [0.15, 0.2) is 11.6 Å². The van der Waals surface area contributed by atoms with Crippen molar-refractivity contribution >= 4 is 11.6 Å². The number of nitrogens with one attached hydrogen (secondary N) is 2. The van der Waals surface area contributed by atoms with Crippen LogP contribution < -0.4 is 10.6 Å². The summed E-state index contributed by atoms with van der Waals surface area (Å²) < 4.78 is 27.0. The second-order valence-electron chi connectivity index (χ2n) is 5.08. The number of carbonyl (C=O) groups excluding carboxylic acids is 1. The molecule has 6 heteroatoms. The predicted octanol–water partition coefficient (Wildman–Crippen LogP) is 2.16. The van der Waals surface area contributed by atoms with Crippen LogP contribution in [0.4, 0.5) is 14.5 Å². The van der Waals surface area contributed by atoms with E-state index in [9.17, 15) is 13.6 Å². The Hall–Kier alpha value is -2.16. The second-order valence-corrected chi connectivity index (χ2v) is 5.08. The molecule has 0 heterocycles. The first kappa shape index (κ1) is 14.9. The summed E-state index contributed by atoms with van der Waals surface area (Å²) in [5.74, 6) is -2.18. The standard InChI is InChI=1S/C13H15F2N3O/c1-13(2,3)18-11(19)7-17-12-9(14)4-8(6-16)5-10(12)15/h4-5,17H,7H2,1-3H3,(H,18,19). The van der Waals surface area contributed by atoms with Gasteiger partial charge in [0, 0.05) is 5.54 Å². The van der Waals surface area contributed by atoms with Crippen LogP contribution >= 0.6 is 0 Å². The Morgan fingerprint density at radius 1 is 1.32 bits per heavy atom. The van der Waals surface area contributed by atoms with Gasteiger partial charge in [0.25, 0.3) is 0 Å². The smallest absolute Gasteiger partial charge is 0.239 e. The zero-order chi connectivity index (χ0) is 14.6. The van der Waals surface area contributed by atoms with Crippen LogP contribution in [-0.2, 0) is 4.79 Å². The lowest BCUT2D eigenvalue weighted by Gasteiger charge is -2.20. The van der Waals surface area contributed by atoms with E-state index in [1.165, 1.54) is 0 Å². The average molecular weight is 267 g/mol. The molecule has 0 aromatic heterocycles. The van der Waals surface area contributed by atoms with E-state index in [4.69, 9.17) is 5.26 Å². The number of nitriles is 1. The molecular formula is C13H15F2N3O. The topological polar surface area (TPSA) is 64.9 Å². The maximum atomic E-state index is 13.5. The number of anilines is 1. The molecule has 1 rings (SSSR count). The van der Waals surface area contributed by atoms with Gasteiger partial charge < -0.3 is 10.6 Å². The molecule has 1 aromatic carbocycles. The Balaban J connectivity index is 2.74. The molecule has 0 aliphatic carbocycles. The van der Waals surface area contributed by atoms with Gasteiger partial charge in [-0.05, 0) is 32.9 Å². The molecular weight excluding hydrogens is 252 g/mol. The quantitative estimate of drug-likeness (QED) is 0.882. The Morgan fingerprint density at radius 2 is 1.84 bits per heavy atom. The third kappa shape index (κ3) is 4.54. The number of carbonyl (C=O) groups is 1. The van der Waals surface area contributed by atoms with Gasteiger partial charge in [-0.3, -0.25) is 4.79 Å². The van der Waals surface area contributed by atoms with E-state index in [1.54, 1.807) is 26.8 Å². The fourth-order valence-electron chi connectivity index (χ4n) is 1.44. The van der Waals surface area contributed by atoms with Gasteiger partial charge >= 0.3 is 0 Å². The SMILES string of the molecule is CC(C)(C)NC(=O)CNc1c(F)cc(C#N)cc1F. The molecule has 1 aromatic rings. The molecule has 0 fully saturated rings. The lowest BCUT2D eigenvalue weighted by Crippen LogP contribution is -2.43. The monoisotopic (exact) mass is 267 g/mol. The molecule has 0 atom stereocenters. The first-order chi connectivity index (χ1) is 8.73. The zero-order valence-electron chi connectivity index (χ0n) is 11.0. The first-order valence-corrected chi connectivity index (χ1v) is 5.67. The summed E-state index contributed by atoms with van der Waals surface area (Å²) in [7, 11) is 0. The molecule has 0 saturated heterocycles. The Bertz CT molecular complexity index is 507. The molecule has 19 heavy (non-hydrogen) atoms. The van der Waals surface area contributed by atoms with E-state index < -0.39 is 22.9 Å². The van der Waals surface area contributed by atoms with E-state index in [1.807, 2.05) is 0 Å². The van der Waals surface area contributed by atoms with Crippen LogP contribution in [0.5, 0.6) is 0 Å². The van der Waals surface area contributed by atoms with Crippen molar-refractivity contribution in [3.05, 3.63) is 29.3 Å². The van der Waals surface area contributed by atoms with E-state index in [0.29, 0.717) is 0 Å². The van der Waals surface area contributed by atoms with E-state index in [-0.39, 0.29) is 18.0 Å². The number of halogens is 2. The summed E-state index contributed by atoms with van der Waals surface area (Å²) in [6, 6.07) is 3.46. The Kier molecular flexibility index (Phi) is 4.43. The van der Waals surface area contributed by atoms with Crippen molar-refractivity contribution in [1.82, 2.24) is 5.32 Å². The molecule has 0 radical (unpaired) electrons. The fraction of sp³-hybridized carbons (Fsp3) is 0.385. The summed E-state index contributed by atoms with van der Waals surface area (Å²) >= 11 is 0. The molecule has 0 unspecified atom stereocenters.